The van der Waals surface area contributed by atoms with Gasteiger partial charge in [0.25, 0.3) is 0 Å². The molecule has 7 heteroatoms. The van der Waals surface area contributed by atoms with Crippen LogP contribution in [-0.4, -0.2) is 18.7 Å². The lowest BCUT2D eigenvalue weighted by atomic mass is 10.1. The summed E-state index contributed by atoms with van der Waals surface area (Å²) in [5.41, 5.74) is 10.8. The van der Waals surface area contributed by atoms with Crippen molar-refractivity contribution in [3.8, 4) is 17.1 Å². The summed E-state index contributed by atoms with van der Waals surface area (Å²) >= 11 is 9.50. The maximum absolute atomic E-state index is 3.65. The molecular weight excluding hydrogens is 967 g/mol. The molecular formula is C52H35Br2IN4. The van der Waals surface area contributed by atoms with Crippen LogP contribution in [0.3, 0.4) is 0 Å². The molecule has 0 fully saturated rings. The summed E-state index contributed by atoms with van der Waals surface area (Å²) in [6.45, 7) is 0. The summed E-state index contributed by atoms with van der Waals surface area (Å²) in [6, 6.07) is 68.0. The number of nitrogens with zero attached hydrogens (tertiary/aromatic N) is 3. The first kappa shape index (κ1) is 37.4. The van der Waals surface area contributed by atoms with E-state index >= 15 is 0 Å². The minimum atomic E-state index is 1.10. The van der Waals surface area contributed by atoms with E-state index in [0.717, 1.165) is 8.95 Å². The lowest BCUT2D eigenvalue weighted by molar-refractivity contribution is 1.13. The lowest BCUT2D eigenvalue weighted by Crippen LogP contribution is -1.94. The number of benzene rings is 8. The molecule has 284 valence electrons. The number of rotatable bonds is 3. The molecule has 0 amide bonds. The highest BCUT2D eigenvalue weighted by molar-refractivity contribution is 14.1. The molecule has 0 atom stereocenters. The monoisotopic (exact) mass is 1000 g/mol. The highest BCUT2D eigenvalue weighted by atomic mass is 127. The minimum Gasteiger partial charge on any atom is -0.354 e. The van der Waals surface area contributed by atoms with E-state index in [1.54, 1.807) is 0 Å². The molecule has 12 aromatic rings. The van der Waals surface area contributed by atoms with Gasteiger partial charge in [0.2, 0.25) is 0 Å². The number of halogens is 3. The second-order valence-electron chi connectivity index (χ2n) is 14.3. The van der Waals surface area contributed by atoms with Gasteiger partial charge in [0.05, 0.1) is 27.6 Å². The molecule has 59 heavy (non-hydrogen) atoms. The number of fused-ring (bicyclic) bond motifs is 10. The number of aromatic amines is 1. The molecule has 0 bridgehead atoms. The molecule has 4 heterocycles. The Morgan fingerprint density at radius 2 is 0.881 bits per heavy atom. The second-order valence-corrected chi connectivity index (χ2v) is 17.4. The van der Waals surface area contributed by atoms with Crippen molar-refractivity contribution in [3.63, 3.8) is 0 Å². The molecule has 0 unspecified atom stereocenters. The number of hydrogen-bond acceptors (Lipinski definition) is 0. The summed E-state index contributed by atoms with van der Waals surface area (Å²) < 4.78 is 10.4. The van der Waals surface area contributed by atoms with Crippen LogP contribution in [0.5, 0.6) is 0 Å². The molecule has 0 saturated heterocycles. The Kier molecular flexibility index (Phi) is 10.2. The summed E-state index contributed by atoms with van der Waals surface area (Å²) in [5, 5.41) is 7.54. The predicted molar refractivity (Wildman–Crippen MR) is 265 cm³/mol. The molecule has 8 aromatic carbocycles. The zero-order chi connectivity index (χ0) is 39.9. The molecule has 0 aliphatic carbocycles. The quantitative estimate of drug-likeness (QED) is 0.171. The van der Waals surface area contributed by atoms with Crippen molar-refractivity contribution in [1.82, 2.24) is 18.7 Å². The lowest BCUT2D eigenvalue weighted by Gasteiger charge is -2.09. The highest BCUT2D eigenvalue weighted by Gasteiger charge is 2.17. The predicted octanol–water partition coefficient (Wildman–Crippen LogP) is 15.8. The van der Waals surface area contributed by atoms with Gasteiger partial charge in [-0.3, -0.25) is 0 Å². The van der Waals surface area contributed by atoms with Gasteiger partial charge >= 0.3 is 0 Å². The van der Waals surface area contributed by atoms with Gasteiger partial charge < -0.3 is 18.7 Å². The Morgan fingerprint density at radius 1 is 0.390 bits per heavy atom. The van der Waals surface area contributed by atoms with Crippen molar-refractivity contribution in [2.45, 2.75) is 0 Å². The van der Waals surface area contributed by atoms with E-state index < -0.39 is 0 Å². The number of H-pyrrole nitrogens is 1. The number of nitrogens with one attached hydrogen (secondary N) is 1. The molecule has 4 aromatic heterocycles. The fraction of sp³-hybridized carbons (Fsp3) is 0. The van der Waals surface area contributed by atoms with E-state index in [1.165, 1.54) is 86.0 Å². The average Bonchev–Trinajstić information content (AvgIpc) is 4.07. The summed E-state index contributed by atoms with van der Waals surface area (Å²) in [7, 11) is 0. The third-order valence-corrected chi connectivity index (χ3v) is 12.5. The number of para-hydroxylation sites is 3. The third kappa shape index (κ3) is 7.07. The van der Waals surface area contributed by atoms with Crippen molar-refractivity contribution >= 4 is 120 Å². The molecule has 0 aliphatic rings. The van der Waals surface area contributed by atoms with E-state index in [0.29, 0.717) is 0 Å². The molecule has 0 radical (unpaired) electrons. The maximum atomic E-state index is 3.65. The van der Waals surface area contributed by atoms with Crippen LogP contribution in [0.1, 0.15) is 0 Å². The topological polar surface area (TPSA) is 30.6 Å². The van der Waals surface area contributed by atoms with Gasteiger partial charge in [-0.2, -0.15) is 0 Å². The average molecular weight is 1000 g/mol. The first-order valence-electron chi connectivity index (χ1n) is 19.3. The number of aromatic nitrogens is 4. The van der Waals surface area contributed by atoms with Crippen LogP contribution in [0, 0.1) is 3.57 Å². The van der Waals surface area contributed by atoms with Gasteiger partial charge in [0.1, 0.15) is 0 Å². The Bertz CT molecular complexity index is 3400. The van der Waals surface area contributed by atoms with E-state index in [1.807, 2.05) is 24.3 Å². The smallest absolute Gasteiger partial charge is 0.0635 e. The zero-order valence-corrected chi connectivity index (χ0v) is 36.9. The van der Waals surface area contributed by atoms with Crippen LogP contribution < -0.4 is 0 Å². The van der Waals surface area contributed by atoms with Gasteiger partial charge in [0.15, 0.2) is 0 Å². The molecule has 0 spiro atoms. The molecule has 1 N–H and O–H groups in total. The van der Waals surface area contributed by atoms with Gasteiger partial charge in [0, 0.05) is 79.8 Å². The van der Waals surface area contributed by atoms with E-state index in [-0.39, 0.29) is 0 Å². The van der Waals surface area contributed by atoms with Crippen molar-refractivity contribution in [1.29, 1.82) is 0 Å². The highest BCUT2D eigenvalue weighted by Crippen LogP contribution is 2.39. The van der Waals surface area contributed by atoms with Crippen LogP contribution in [0.15, 0.2) is 215 Å². The SMILES string of the molecule is Brc1ccc2[nH]c3c(ccc4c3ccn4-c3ccccc3)c2c1.Brc1ccc2c(c1)c1ccc3c(ccn3-c3ccccc3)c1n2-c1ccccc1.Ic1ccccc1. The van der Waals surface area contributed by atoms with Crippen molar-refractivity contribution in [3.05, 3.63) is 219 Å². The summed E-state index contributed by atoms with van der Waals surface area (Å²) in [4.78, 5) is 3.58. The van der Waals surface area contributed by atoms with Gasteiger partial charge in [-0.15, -0.1) is 0 Å². The first-order chi connectivity index (χ1) is 29.0. The van der Waals surface area contributed by atoms with Gasteiger partial charge in [-0.1, -0.05) is 117 Å². The Balaban J connectivity index is 0.000000125. The van der Waals surface area contributed by atoms with E-state index in [9.17, 15) is 0 Å². The molecule has 4 nitrogen and oxygen atoms in total. The van der Waals surface area contributed by atoms with Crippen LogP contribution in [0.4, 0.5) is 0 Å². The summed E-state index contributed by atoms with van der Waals surface area (Å²) in [5.74, 6) is 0. The van der Waals surface area contributed by atoms with Crippen LogP contribution in [-0.2, 0) is 0 Å². The molecule has 0 saturated carbocycles. The van der Waals surface area contributed by atoms with Crippen molar-refractivity contribution in [2.24, 2.45) is 0 Å². The van der Waals surface area contributed by atoms with E-state index in [4.69, 9.17) is 0 Å². The van der Waals surface area contributed by atoms with Crippen LogP contribution >= 0.6 is 54.5 Å². The van der Waals surface area contributed by atoms with E-state index in [2.05, 4.69) is 255 Å². The fourth-order valence-electron chi connectivity index (χ4n) is 8.15. The van der Waals surface area contributed by atoms with Crippen molar-refractivity contribution < 1.29 is 0 Å². The van der Waals surface area contributed by atoms with Crippen molar-refractivity contribution in [2.75, 3.05) is 0 Å². The standard InChI is InChI=1S/C26H17BrN2.C20H13BrN2.C6H5I/c27-18-11-13-25-23(17-18)21-12-14-24-22(15-16-28(24)19-7-3-1-4-8-19)26(21)29(25)20-9-5-2-6-10-20;21-13-6-8-18-17(12-13)15-7-9-19-16(20(15)22-18)10-11-23(19)14-4-2-1-3-5-14;7-6-4-2-1-3-5-6/h1-17H;1-12,22H;1-5H. The Hall–Kier alpha value is -5.87. The third-order valence-electron chi connectivity index (χ3n) is 10.8. The number of hydrogen-bond donors (Lipinski definition) is 1. The van der Waals surface area contributed by atoms with Crippen LogP contribution in [0.2, 0.25) is 0 Å². The Morgan fingerprint density at radius 3 is 1.47 bits per heavy atom. The minimum absolute atomic E-state index is 1.10. The fourth-order valence-corrected chi connectivity index (χ4v) is 9.28. The maximum Gasteiger partial charge on any atom is 0.0635 e. The van der Waals surface area contributed by atoms with Crippen LogP contribution in [0.25, 0.3) is 82.5 Å². The largest absolute Gasteiger partial charge is 0.354 e. The molecule has 0 aliphatic heterocycles. The van der Waals surface area contributed by atoms with Gasteiger partial charge in [-0.05, 0) is 132 Å². The Labute approximate surface area is 371 Å². The summed E-state index contributed by atoms with van der Waals surface area (Å²) in [6.07, 6.45) is 4.31. The molecule has 12 rings (SSSR count). The van der Waals surface area contributed by atoms with Gasteiger partial charge in [-0.25, -0.2) is 0 Å². The second kappa shape index (κ2) is 16.1. The normalized spacial score (nSPS) is 11.3. The first-order valence-corrected chi connectivity index (χ1v) is 22.0. The zero-order valence-electron chi connectivity index (χ0n) is 31.6.